The first-order valence-corrected chi connectivity index (χ1v) is 11.3. The highest BCUT2D eigenvalue weighted by Crippen LogP contribution is 2.40. The fourth-order valence-corrected chi connectivity index (χ4v) is 4.87. The summed E-state index contributed by atoms with van der Waals surface area (Å²) in [7, 11) is 3.71. The summed E-state index contributed by atoms with van der Waals surface area (Å²) in [5.74, 6) is -1.10. The van der Waals surface area contributed by atoms with Crippen LogP contribution < -0.4 is 14.5 Å². The zero-order chi connectivity index (χ0) is 24.8. The van der Waals surface area contributed by atoms with Gasteiger partial charge in [-0.3, -0.25) is 9.69 Å². The molecule has 0 bridgehead atoms. The molecule has 0 N–H and O–H groups in total. The van der Waals surface area contributed by atoms with Gasteiger partial charge in [0.15, 0.2) is 0 Å². The quantitative estimate of drug-likeness (QED) is 0.605. The molecular formula is C25H29F4N3O2. The Kier molecular flexibility index (Phi) is 6.50. The van der Waals surface area contributed by atoms with E-state index in [9.17, 15) is 22.4 Å². The number of nitrogens with zero attached hydrogens (tertiary/aromatic N) is 3. The van der Waals surface area contributed by atoms with Gasteiger partial charge in [0.05, 0.1) is 24.8 Å². The number of carbonyl (C=O) groups is 1. The Morgan fingerprint density at radius 2 is 1.79 bits per heavy atom. The van der Waals surface area contributed by atoms with Crippen molar-refractivity contribution in [2.75, 3.05) is 43.6 Å². The summed E-state index contributed by atoms with van der Waals surface area (Å²) in [6, 6.07) is 7.54. The smallest absolute Gasteiger partial charge is 0.419 e. The van der Waals surface area contributed by atoms with E-state index in [1.807, 2.05) is 12.1 Å². The summed E-state index contributed by atoms with van der Waals surface area (Å²) >= 11 is 0. The Balaban J connectivity index is 1.62. The number of anilines is 2. The number of alkyl halides is 3. The number of amides is 1. The number of ether oxygens (including phenoxy) is 1. The highest BCUT2D eigenvalue weighted by Gasteiger charge is 2.36. The van der Waals surface area contributed by atoms with Gasteiger partial charge in [0.2, 0.25) is 5.91 Å². The third-order valence-electron chi connectivity index (χ3n) is 7.00. The molecule has 0 spiro atoms. The number of hydrogen-bond acceptors (Lipinski definition) is 4. The van der Waals surface area contributed by atoms with Crippen molar-refractivity contribution in [1.29, 1.82) is 0 Å². The SMILES string of the molecule is COc1cc2c(cc1N1C[C@@H](C)N(C)[C@@H](C)C1)N(C(=O)Cc1cccc(C(F)(F)F)c1F)CC2. The van der Waals surface area contributed by atoms with Crippen LogP contribution in [0.5, 0.6) is 5.75 Å². The molecule has 0 radical (unpaired) electrons. The summed E-state index contributed by atoms with van der Waals surface area (Å²) in [5, 5.41) is 0. The predicted octanol–water partition coefficient (Wildman–Crippen LogP) is 4.51. The Labute approximate surface area is 196 Å². The van der Waals surface area contributed by atoms with E-state index in [0.29, 0.717) is 36.8 Å². The van der Waals surface area contributed by atoms with Gasteiger partial charge in [0.25, 0.3) is 0 Å². The van der Waals surface area contributed by atoms with Gasteiger partial charge in [0.1, 0.15) is 11.6 Å². The van der Waals surface area contributed by atoms with E-state index >= 15 is 0 Å². The van der Waals surface area contributed by atoms with Crippen molar-refractivity contribution in [3.63, 3.8) is 0 Å². The van der Waals surface area contributed by atoms with E-state index in [4.69, 9.17) is 4.74 Å². The van der Waals surface area contributed by atoms with Crippen LogP contribution >= 0.6 is 0 Å². The van der Waals surface area contributed by atoms with Crippen LogP contribution in [0, 0.1) is 5.82 Å². The van der Waals surface area contributed by atoms with Crippen molar-refractivity contribution in [3.05, 3.63) is 52.8 Å². The summed E-state index contributed by atoms with van der Waals surface area (Å²) in [4.78, 5) is 19.2. The lowest BCUT2D eigenvalue weighted by molar-refractivity contribution is -0.140. The normalized spacial score (nSPS) is 21.1. The molecule has 34 heavy (non-hydrogen) atoms. The Morgan fingerprint density at radius 1 is 1.12 bits per heavy atom. The second-order valence-corrected chi connectivity index (χ2v) is 9.17. The molecule has 0 unspecified atom stereocenters. The molecule has 2 aliphatic heterocycles. The molecule has 1 amide bonds. The second kappa shape index (κ2) is 9.09. The summed E-state index contributed by atoms with van der Waals surface area (Å²) in [6.07, 6.45) is -4.66. The highest BCUT2D eigenvalue weighted by molar-refractivity contribution is 5.97. The predicted molar refractivity (Wildman–Crippen MR) is 123 cm³/mol. The molecule has 0 aromatic heterocycles. The minimum Gasteiger partial charge on any atom is -0.495 e. The summed E-state index contributed by atoms with van der Waals surface area (Å²) in [6.45, 7) is 6.28. The van der Waals surface area contributed by atoms with E-state index in [1.54, 1.807) is 12.0 Å². The van der Waals surface area contributed by atoms with Crippen molar-refractivity contribution in [1.82, 2.24) is 4.90 Å². The van der Waals surface area contributed by atoms with Gasteiger partial charge in [0, 0.05) is 37.4 Å². The van der Waals surface area contributed by atoms with Gasteiger partial charge < -0.3 is 14.5 Å². The number of rotatable bonds is 4. The van der Waals surface area contributed by atoms with E-state index in [1.165, 1.54) is 6.07 Å². The lowest BCUT2D eigenvalue weighted by Crippen LogP contribution is -2.55. The number of halogens is 4. The fraction of sp³-hybridized carbons (Fsp3) is 0.480. The maximum atomic E-state index is 14.5. The summed E-state index contributed by atoms with van der Waals surface area (Å²) in [5.41, 5.74) is 0.882. The number of methoxy groups -OCH3 is 1. The van der Waals surface area contributed by atoms with Crippen LogP contribution in [-0.4, -0.2) is 56.7 Å². The summed E-state index contributed by atoms with van der Waals surface area (Å²) < 4.78 is 59.4. The van der Waals surface area contributed by atoms with Crippen LogP contribution in [-0.2, 0) is 23.8 Å². The van der Waals surface area contributed by atoms with E-state index < -0.39 is 29.9 Å². The highest BCUT2D eigenvalue weighted by atomic mass is 19.4. The van der Waals surface area contributed by atoms with Gasteiger partial charge in [-0.2, -0.15) is 13.2 Å². The Hall–Kier alpha value is -2.81. The monoisotopic (exact) mass is 479 g/mol. The molecular weight excluding hydrogens is 450 g/mol. The molecule has 2 aliphatic rings. The van der Waals surface area contributed by atoms with Crippen LogP contribution in [0.2, 0.25) is 0 Å². The topological polar surface area (TPSA) is 36.0 Å². The average molecular weight is 480 g/mol. The van der Waals surface area contributed by atoms with Gasteiger partial charge in [-0.25, -0.2) is 4.39 Å². The van der Waals surface area contributed by atoms with E-state index in [0.717, 1.165) is 36.2 Å². The van der Waals surface area contributed by atoms with Crippen molar-refractivity contribution in [2.24, 2.45) is 0 Å². The molecule has 9 heteroatoms. The molecule has 2 aromatic rings. The average Bonchev–Trinajstić information content (AvgIpc) is 3.19. The van der Waals surface area contributed by atoms with Crippen molar-refractivity contribution in [2.45, 2.75) is 44.9 Å². The molecule has 1 fully saturated rings. The van der Waals surface area contributed by atoms with Crippen LogP contribution in [0.15, 0.2) is 30.3 Å². The molecule has 184 valence electrons. The van der Waals surface area contributed by atoms with Gasteiger partial charge in [-0.1, -0.05) is 12.1 Å². The zero-order valence-electron chi connectivity index (χ0n) is 19.7. The first kappa shape index (κ1) is 24.3. The van der Waals surface area contributed by atoms with Crippen LogP contribution in [0.1, 0.15) is 30.5 Å². The second-order valence-electron chi connectivity index (χ2n) is 9.17. The molecule has 2 atom stereocenters. The maximum absolute atomic E-state index is 14.5. The standard InChI is InChI=1S/C25H29F4N3O2/c1-15-13-31(14-16(2)30(15)3)21-12-20-17(10-22(21)34-4)8-9-32(20)23(33)11-18-6-5-7-19(24(18)26)25(27,28)29/h5-7,10,12,15-16H,8-9,11,13-14H2,1-4H3/t15-,16+. The molecule has 0 saturated carbocycles. The minimum absolute atomic E-state index is 0.260. The lowest BCUT2D eigenvalue weighted by atomic mass is 10.0. The first-order valence-electron chi connectivity index (χ1n) is 11.3. The lowest BCUT2D eigenvalue weighted by Gasteiger charge is -2.44. The third kappa shape index (κ3) is 4.45. The molecule has 1 saturated heterocycles. The Morgan fingerprint density at radius 3 is 2.41 bits per heavy atom. The van der Waals surface area contributed by atoms with Crippen LogP contribution in [0.25, 0.3) is 0 Å². The fourth-order valence-electron chi connectivity index (χ4n) is 4.87. The maximum Gasteiger partial charge on any atom is 0.419 e. The number of likely N-dealkylation sites (N-methyl/N-ethyl adjacent to an activating group) is 1. The van der Waals surface area contributed by atoms with E-state index in [-0.39, 0.29) is 5.56 Å². The third-order valence-corrected chi connectivity index (χ3v) is 7.00. The number of piperazine rings is 1. The van der Waals surface area contributed by atoms with E-state index in [2.05, 4.69) is 30.7 Å². The Bertz CT molecular complexity index is 1080. The van der Waals surface area contributed by atoms with Gasteiger partial charge in [-0.15, -0.1) is 0 Å². The number of carbonyl (C=O) groups excluding carboxylic acids is 1. The molecule has 2 heterocycles. The molecule has 5 nitrogen and oxygen atoms in total. The van der Waals surface area contributed by atoms with Crippen molar-refractivity contribution >= 4 is 17.3 Å². The zero-order valence-corrected chi connectivity index (χ0v) is 19.7. The van der Waals surface area contributed by atoms with Gasteiger partial charge >= 0.3 is 6.18 Å². The van der Waals surface area contributed by atoms with Crippen LogP contribution in [0.4, 0.5) is 28.9 Å². The first-order chi connectivity index (χ1) is 16.0. The van der Waals surface area contributed by atoms with Crippen molar-refractivity contribution < 1.29 is 27.1 Å². The van der Waals surface area contributed by atoms with Gasteiger partial charge in [-0.05, 0) is 56.6 Å². The largest absolute Gasteiger partial charge is 0.495 e. The minimum atomic E-state index is -4.81. The van der Waals surface area contributed by atoms with Crippen LogP contribution in [0.3, 0.4) is 0 Å². The number of fused-ring (bicyclic) bond motifs is 1. The number of hydrogen-bond donors (Lipinski definition) is 0. The molecule has 4 rings (SSSR count). The molecule has 0 aliphatic carbocycles. The molecule has 2 aromatic carbocycles. The number of benzene rings is 2. The van der Waals surface area contributed by atoms with Crippen molar-refractivity contribution in [3.8, 4) is 5.75 Å².